The number of piperidine rings is 1. The highest BCUT2D eigenvalue weighted by Gasteiger charge is 2.41. The van der Waals surface area contributed by atoms with Crippen LogP contribution < -0.4 is 5.32 Å². The second-order valence-electron chi connectivity index (χ2n) is 12.4. The maximum atomic E-state index is 11.8. The summed E-state index contributed by atoms with van der Waals surface area (Å²) in [6.45, 7) is 13.2. The molecule has 216 valence electrons. The van der Waals surface area contributed by atoms with Crippen LogP contribution in [-0.4, -0.2) is 58.5 Å². The van der Waals surface area contributed by atoms with Crippen LogP contribution in [0.25, 0.3) is 22.8 Å². The zero-order valence-corrected chi connectivity index (χ0v) is 25.1. The highest BCUT2D eigenvalue weighted by molar-refractivity contribution is 6.32. The smallest absolute Gasteiger partial charge is 0.312 e. The average molecular weight is 569 g/mol. The van der Waals surface area contributed by atoms with Gasteiger partial charge in [0.25, 0.3) is 5.89 Å². The van der Waals surface area contributed by atoms with Crippen LogP contribution in [0.1, 0.15) is 58.6 Å². The maximum absolute atomic E-state index is 11.8. The second-order valence-corrected chi connectivity index (χ2v) is 12.8. The number of carboxylic acids is 1. The van der Waals surface area contributed by atoms with E-state index in [4.69, 9.17) is 20.9 Å². The molecule has 0 saturated carbocycles. The number of likely N-dealkylation sites (tertiary alicyclic amines) is 1. The number of rotatable bonds is 10. The average Bonchev–Trinajstić information content (AvgIpc) is 3.37. The standard InChI is InChI=1S/C31H41ClN4O4/c1-20(2)15-24-25(32)16-23(17-26(24)34-30(3,4)5)28-33-27(35-40-28)22-9-7-21(8-10-22)18-36-13-11-31(12-14-36,19-39-6)29(37)38/h7-10,16-17,20,34H,11-15,18-19H2,1-6H3,(H,37,38). The summed E-state index contributed by atoms with van der Waals surface area (Å²) in [5.74, 6) is 0.623. The van der Waals surface area contributed by atoms with E-state index in [2.05, 4.69) is 67.1 Å². The van der Waals surface area contributed by atoms with Crippen molar-refractivity contribution < 1.29 is 19.2 Å². The molecule has 2 aromatic carbocycles. The van der Waals surface area contributed by atoms with Crippen LogP contribution in [-0.2, 0) is 22.5 Å². The van der Waals surface area contributed by atoms with E-state index >= 15 is 0 Å². The molecule has 0 atom stereocenters. The summed E-state index contributed by atoms with van der Waals surface area (Å²) in [5, 5.41) is 18.2. The molecule has 1 saturated heterocycles. The molecule has 0 unspecified atom stereocenters. The fraction of sp³-hybridized carbons (Fsp3) is 0.516. The molecule has 8 nitrogen and oxygen atoms in total. The number of ether oxygens (including phenoxy) is 1. The minimum Gasteiger partial charge on any atom is -0.481 e. The van der Waals surface area contributed by atoms with Gasteiger partial charge in [-0.25, -0.2) is 0 Å². The molecule has 0 spiro atoms. The van der Waals surface area contributed by atoms with Gasteiger partial charge in [-0.05, 0) is 82.3 Å². The summed E-state index contributed by atoms with van der Waals surface area (Å²) < 4.78 is 10.9. The molecule has 1 aromatic heterocycles. The van der Waals surface area contributed by atoms with Crippen molar-refractivity contribution in [3.63, 3.8) is 0 Å². The maximum Gasteiger partial charge on any atom is 0.312 e. The Bertz CT molecular complexity index is 1310. The van der Waals surface area contributed by atoms with Gasteiger partial charge in [-0.3, -0.25) is 9.69 Å². The van der Waals surface area contributed by atoms with Crippen molar-refractivity contribution in [1.82, 2.24) is 15.0 Å². The Morgan fingerprint density at radius 1 is 1.18 bits per heavy atom. The first kappa shape index (κ1) is 30.0. The molecule has 2 N–H and O–H groups in total. The number of hydrogen-bond acceptors (Lipinski definition) is 7. The monoisotopic (exact) mass is 568 g/mol. The highest BCUT2D eigenvalue weighted by atomic mass is 35.5. The zero-order valence-electron chi connectivity index (χ0n) is 24.4. The second kappa shape index (κ2) is 12.3. The van der Waals surface area contributed by atoms with Crippen molar-refractivity contribution in [2.75, 3.05) is 32.1 Å². The molecule has 0 radical (unpaired) electrons. The summed E-state index contributed by atoms with van der Waals surface area (Å²) in [4.78, 5) is 18.8. The van der Waals surface area contributed by atoms with Crippen molar-refractivity contribution in [3.8, 4) is 22.8 Å². The number of nitrogens with zero attached hydrogens (tertiary/aromatic N) is 3. The number of carbonyl (C=O) groups is 1. The lowest BCUT2D eigenvalue weighted by atomic mass is 9.79. The molecule has 1 fully saturated rings. The van der Waals surface area contributed by atoms with Crippen LogP contribution >= 0.6 is 11.6 Å². The van der Waals surface area contributed by atoms with Gasteiger partial charge in [0.1, 0.15) is 0 Å². The van der Waals surface area contributed by atoms with Crippen molar-refractivity contribution >= 4 is 23.3 Å². The quantitative estimate of drug-likeness (QED) is 0.276. The number of carboxylic acid groups (broad SMARTS) is 1. The summed E-state index contributed by atoms with van der Waals surface area (Å²) in [6, 6.07) is 12.0. The summed E-state index contributed by atoms with van der Waals surface area (Å²) in [5.41, 5.74) is 3.93. The predicted octanol–water partition coefficient (Wildman–Crippen LogP) is 6.78. The summed E-state index contributed by atoms with van der Waals surface area (Å²) in [6.07, 6.45) is 2.02. The minimum absolute atomic E-state index is 0.132. The van der Waals surface area contributed by atoms with Crippen molar-refractivity contribution in [2.24, 2.45) is 11.3 Å². The van der Waals surface area contributed by atoms with Crippen molar-refractivity contribution in [1.29, 1.82) is 0 Å². The lowest BCUT2D eigenvalue weighted by Crippen LogP contribution is -2.46. The molecule has 40 heavy (non-hydrogen) atoms. The van der Waals surface area contributed by atoms with Gasteiger partial charge in [0.15, 0.2) is 0 Å². The first-order valence-electron chi connectivity index (χ1n) is 13.9. The molecule has 9 heteroatoms. The Balaban J connectivity index is 1.47. The number of benzene rings is 2. The van der Waals surface area contributed by atoms with Gasteiger partial charge >= 0.3 is 5.97 Å². The van der Waals surface area contributed by atoms with Crippen LogP contribution in [0, 0.1) is 11.3 Å². The first-order chi connectivity index (χ1) is 18.9. The third-order valence-electron chi connectivity index (χ3n) is 7.30. The van der Waals surface area contributed by atoms with Gasteiger partial charge in [-0.15, -0.1) is 0 Å². The van der Waals surface area contributed by atoms with E-state index in [0.29, 0.717) is 35.5 Å². The van der Waals surface area contributed by atoms with E-state index in [0.717, 1.165) is 54.0 Å². The van der Waals surface area contributed by atoms with Crippen LogP contribution in [0.4, 0.5) is 5.69 Å². The van der Waals surface area contributed by atoms with Gasteiger partial charge < -0.3 is 19.7 Å². The Morgan fingerprint density at radius 2 is 1.85 bits per heavy atom. The molecular formula is C31H41ClN4O4. The number of aliphatic carboxylic acids is 1. The normalized spacial score (nSPS) is 15.9. The third kappa shape index (κ3) is 7.22. The molecule has 0 aliphatic carbocycles. The number of nitrogens with one attached hydrogen (secondary N) is 1. The largest absolute Gasteiger partial charge is 0.481 e. The Labute approximate surface area is 242 Å². The topological polar surface area (TPSA) is 101 Å². The molecule has 1 aliphatic heterocycles. The number of halogens is 1. The summed E-state index contributed by atoms with van der Waals surface area (Å²) >= 11 is 6.76. The van der Waals surface area contributed by atoms with E-state index in [9.17, 15) is 9.90 Å². The van der Waals surface area contributed by atoms with E-state index in [-0.39, 0.29) is 12.1 Å². The molecule has 1 aliphatic rings. The third-order valence-corrected chi connectivity index (χ3v) is 7.63. The Kier molecular flexibility index (Phi) is 9.22. The van der Waals surface area contributed by atoms with Crippen molar-refractivity contribution in [3.05, 3.63) is 52.5 Å². The van der Waals surface area contributed by atoms with E-state index in [1.54, 1.807) is 7.11 Å². The molecule has 2 heterocycles. The van der Waals surface area contributed by atoms with Crippen molar-refractivity contribution in [2.45, 2.75) is 66.0 Å². The highest BCUT2D eigenvalue weighted by Crippen LogP contribution is 2.36. The fourth-order valence-electron chi connectivity index (χ4n) is 5.20. The van der Waals surface area contributed by atoms with Crippen LogP contribution in [0.15, 0.2) is 40.9 Å². The fourth-order valence-corrected chi connectivity index (χ4v) is 5.50. The summed E-state index contributed by atoms with van der Waals surface area (Å²) in [7, 11) is 1.56. The van der Waals surface area contributed by atoms with E-state index in [1.807, 2.05) is 24.3 Å². The van der Waals surface area contributed by atoms with Gasteiger partial charge in [-0.1, -0.05) is 54.9 Å². The Morgan fingerprint density at radius 3 is 2.42 bits per heavy atom. The Hall–Kier alpha value is -2.94. The number of anilines is 1. The van der Waals surface area contributed by atoms with Gasteiger partial charge in [0.05, 0.1) is 12.0 Å². The molecule has 0 amide bonds. The van der Waals surface area contributed by atoms with E-state index in [1.165, 1.54) is 0 Å². The molecule has 4 rings (SSSR count). The molecule has 3 aromatic rings. The zero-order chi connectivity index (χ0) is 29.1. The first-order valence-corrected chi connectivity index (χ1v) is 14.3. The molecule has 0 bridgehead atoms. The molecular weight excluding hydrogens is 528 g/mol. The van der Waals surface area contributed by atoms with Crippen LogP contribution in [0.2, 0.25) is 5.02 Å². The lowest BCUT2D eigenvalue weighted by Gasteiger charge is -2.38. The lowest BCUT2D eigenvalue weighted by molar-refractivity contribution is -0.156. The van der Waals surface area contributed by atoms with E-state index < -0.39 is 11.4 Å². The van der Waals surface area contributed by atoms with Crippen LogP contribution in [0.3, 0.4) is 0 Å². The number of hydrogen-bond donors (Lipinski definition) is 2. The minimum atomic E-state index is -0.784. The predicted molar refractivity (Wildman–Crippen MR) is 159 cm³/mol. The van der Waals surface area contributed by atoms with Gasteiger partial charge in [0.2, 0.25) is 5.82 Å². The number of methoxy groups -OCH3 is 1. The van der Waals surface area contributed by atoms with Gasteiger partial charge in [0, 0.05) is 41.0 Å². The SMILES string of the molecule is COCC1(C(=O)O)CCN(Cc2ccc(-c3noc(-c4cc(Cl)c(CC(C)C)c(NC(C)(C)C)c4)n3)cc2)CC1. The van der Waals surface area contributed by atoms with Crippen LogP contribution in [0.5, 0.6) is 0 Å². The van der Waals surface area contributed by atoms with Gasteiger partial charge in [-0.2, -0.15) is 4.98 Å². The number of aromatic nitrogens is 2.